The Kier molecular flexibility index (Phi) is 3.89. The van der Waals surface area contributed by atoms with Gasteiger partial charge in [-0.05, 0) is 24.6 Å². The second kappa shape index (κ2) is 5.60. The Balaban J connectivity index is 2.02. The van der Waals surface area contributed by atoms with Gasteiger partial charge in [0.05, 0.1) is 18.1 Å². The first-order valence-corrected chi connectivity index (χ1v) is 6.10. The van der Waals surface area contributed by atoms with Gasteiger partial charge in [-0.25, -0.2) is 4.79 Å². The molecule has 0 saturated carbocycles. The van der Waals surface area contributed by atoms with Gasteiger partial charge in [0.15, 0.2) is 0 Å². The largest absolute Gasteiger partial charge is 0.469 e. The van der Waals surface area contributed by atoms with E-state index in [-0.39, 0.29) is 11.7 Å². The van der Waals surface area contributed by atoms with Crippen LogP contribution in [0.2, 0.25) is 0 Å². The first kappa shape index (κ1) is 13.2. The minimum atomic E-state index is -0.208. The Morgan fingerprint density at radius 3 is 2.79 bits per heavy atom. The van der Waals surface area contributed by atoms with Gasteiger partial charge in [0.25, 0.3) is 0 Å². The van der Waals surface area contributed by atoms with E-state index in [1.165, 1.54) is 7.11 Å². The third-order valence-electron chi connectivity index (χ3n) is 3.04. The van der Waals surface area contributed by atoms with Crippen LogP contribution < -0.4 is 10.6 Å². The van der Waals surface area contributed by atoms with Gasteiger partial charge in [-0.2, -0.15) is 0 Å². The van der Waals surface area contributed by atoms with E-state index in [0.717, 1.165) is 29.7 Å². The highest BCUT2D eigenvalue weighted by Crippen LogP contribution is 2.18. The molecule has 1 heterocycles. The SMILES string of the molecule is COC(=O)CCCN(C)c1ccc2[nH]c(=O)[nH]c2c1. The Labute approximate surface area is 110 Å². The molecule has 6 heteroatoms. The lowest BCUT2D eigenvalue weighted by Gasteiger charge is -2.18. The molecule has 6 nitrogen and oxygen atoms in total. The van der Waals surface area contributed by atoms with Crippen molar-refractivity contribution in [3.63, 3.8) is 0 Å². The molecule has 0 unspecified atom stereocenters. The maximum Gasteiger partial charge on any atom is 0.323 e. The summed E-state index contributed by atoms with van der Waals surface area (Å²) >= 11 is 0. The highest BCUT2D eigenvalue weighted by Gasteiger charge is 2.06. The number of hydrogen-bond donors (Lipinski definition) is 2. The number of esters is 1. The number of benzene rings is 1. The van der Waals surface area contributed by atoms with Crippen molar-refractivity contribution in [3.05, 3.63) is 28.7 Å². The fourth-order valence-corrected chi connectivity index (χ4v) is 1.95. The number of rotatable bonds is 5. The molecule has 0 aliphatic carbocycles. The number of hydrogen-bond acceptors (Lipinski definition) is 4. The van der Waals surface area contributed by atoms with Crippen molar-refractivity contribution in [1.29, 1.82) is 0 Å². The number of aromatic amines is 2. The van der Waals surface area contributed by atoms with Gasteiger partial charge in [0.2, 0.25) is 0 Å². The van der Waals surface area contributed by atoms with Crippen LogP contribution in [0.25, 0.3) is 11.0 Å². The molecule has 19 heavy (non-hydrogen) atoms. The zero-order valence-corrected chi connectivity index (χ0v) is 11.0. The molecule has 2 rings (SSSR count). The third kappa shape index (κ3) is 3.15. The van der Waals surface area contributed by atoms with Crippen LogP contribution in [0.1, 0.15) is 12.8 Å². The number of aromatic nitrogens is 2. The number of nitrogens with zero attached hydrogens (tertiary/aromatic N) is 1. The van der Waals surface area contributed by atoms with Crippen LogP contribution in [0.4, 0.5) is 5.69 Å². The number of anilines is 1. The number of fused-ring (bicyclic) bond motifs is 1. The molecule has 0 amide bonds. The highest BCUT2D eigenvalue weighted by molar-refractivity contribution is 5.79. The molecule has 0 saturated heterocycles. The van der Waals surface area contributed by atoms with Gasteiger partial charge >= 0.3 is 11.7 Å². The number of ether oxygens (including phenoxy) is 1. The van der Waals surface area contributed by atoms with Crippen LogP contribution in [-0.2, 0) is 9.53 Å². The van der Waals surface area contributed by atoms with E-state index in [1.807, 2.05) is 30.1 Å². The number of imidazole rings is 1. The lowest BCUT2D eigenvalue weighted by Crippen LogP contribution is -2.19. The van der Waals surface area contributed by atoms with Gasteiger partial charge in [-0.3, -0.25) is 4.79 Å². The predicted molar refractivity (Wildman–Crippen MR) is 73.4 cm³/mol. The monoisotopic (exact) mass is 263 g/mol. The number of H-pyrrole nitrogens is 2. The van der Waals surface area contributed by atoms with Crippen molar-refractivity contribution in [1.82, 2.24) is 9.97 Å². The first-order chi connectivity index (χ1) is 9.10. The molecule has 0 bridgehead atoms. The molecule has 0 fully saturated rings. The summed E-state index contributed by atoms with van der Waals surface area (Å²) in [6.07, 6.45) is 1.13. The number of methoxy groups -OCH3 is 1. The standard InChI is InChI=1S/C13H17N3O3/c1-16(7-3-4-12(17)19-2)9-5-6-10-11(8-9)15-13(18)14-10/h5-6,8H,3-4,7H2,1-2H3,(H2,14,15,18). The topological polar surface area (TPSA) is 78.2 Å². The smallest absolute Gasteiger partial charge is 0.323 e. The summed E-state index contributed by atoms with van der Waals surface area (Å²) in [6.45, 7) is 0.745. The summed E-state index contributed by atoms with van der Waals surface area (Å²) in [7, 11) is 3.34. The van der Waals surface area contributed by atoms with Crippen LogP contribution in [-0.4, -0.2) is 36.6 Å². The number of carbonyl (C=O) groups excluding carboxylic acids is 1. The Hall–Kier alpha value is -2.24. The molecular weight excluding hydrogens is 246 g/mol. The summed E-state index contributed by atoms with van der Waals surface area (Å²) in [4.78, 5) is 29.7. The second-order valence-corrected chi connectivity index (χ2v) is 4.41. The molecule has 0 aliphatic heterocycles. The third-order valence-corrected chi connectivity index (χ3v) is 3.04. The quantitative estimate of drug-likeness (QED) is 0.796. The van der Waals surface area contributed by atoms with Gasteiger partial charge in [0.1, 0.15) is 0 Å². The first-order valence-electron chi connectivity index (χ1n) is 6.10. The fourth-order valence-electron chi connectivity index (χ4n) is 1.95. The molecule has 2 N–H and O–H groups in total. The Morgan fingerprint density at radius 2 is 2.05 bits per heavy atom. The molecular formula is C13H17N3O3. The van der Waals surface area contributed by atoms with E-state index in [1.54, 1.807) is 0 Å². The van der Waals surface area contributed by atoms with Crippen molar-refractivity contribution in [2.45, 2.75) is 12.8 Å². The molecule has 0 radical (unpaired) electrons. The zero-order chi connectivity index (χ0) is 13.8. The maximum atomic E-state index is 11.2. The van der Waals surface area contributed by atoms with Crippen LogP contribution in [0, 0.1) is 0 Å². The number of nitrogens with one attached hydrogen (secondary N) is 2. The van der Waals surface area contributed by atoms with Gasteiger partial charge < -0.3 is 19.6 Å². The van der Waals surface area contributed by atoms with Crippen molar-refractivity contribution >= 4 is 22.7 Å². The number of carbonyl (C=O) groups is 1. The van der Waals surface area contributed by atoms with E-state index in [2.05, 4.69) is 14.7 Å². The normalized spacial score (nSPS) is 10.6. The molecule has 0 aliphatic rings. The van der Waals surface area contributed by atoms with Crippen molar-refractivity contribution in [2.24, 2.45) is 0 Å². The molecule has 0 atom stereocenters. The predicted octanol–water partition coefficient (Wildman–Crippen LogP) is 1.25. The average Bonchev–Trinajstić information content (AvgIpc) is 2.77. The van der Waals surface area contributed by atoms with Gasteiger partial charge in [-0.1, -0.05) is 0 Å². The maximum absolute atomic E-state index is 11.2. The molecule has 1 aromatic heterocycles. The van der Waals surface area contributed by atoms with E-state index in [0.29, 0.717) is 6.42 Å². The van der Waals surface area contributed by atoms with Crippen LogP contribution in [0.3, 0.4) is 0 Å². The fraction of sp³-hybridized carbons (Fsp3) is 0.385. The summed E-state index contributed by atoms with van der Waals surface area (Å²) in [6, 6.07) is 5.70. The molecule has 0 spiro atoms. The second-order valence-electron chi connectivity index (χ2n) is 4.41. The van der Waals surface area contributed by atoms with Gasteiger partial charge in [-0.15, -0.1) is 0 Å². The lowest BCUT2D eigenvalue weighted by atomic mass is 10.2. The van der Waals surface area contributed by atoms with E-state index < -0.39 is 0 Å². The van der Waals surface area contributed by atoms with E-state index in [9.17, 15) is 9.59 Å². The summed E-state index contributed by atoms with van der Waals surface area (Å²) in [5.41, 5.74) is 2.35. The van der Waals surface area contributed by atoms with Crippen LogP contribution in [0.5, 0.6) is 0 Å². The molecule has 2 aromatic rings. The molecule has 1 aromatic carbocycles. The lowest BCUT2D eigenvalue weighted by molar-refractivity contribution is -0.140. The Bertz CT molecular complexity index is 629. The van der Waals surface area contributed by atoms with Crippen LogP contribution in [0.15, 0.2) is 23.0 Å². The van der Waals surface area contributed by atoms with Gasteiger partial charge in [0, 0.05) is 25.7 Å². The highest BCUT2D eigenvalue weighted by atomic mass is 16.5. The van der Waals surface area contributed by atoms with Crippen LogP contribution >= 0.6 is 0 Å². The summed E-state index contributed by atoms with van der Waals surface area (Å²) in [5.74, 6) is -0.196. The van der Waals surface area contributed by atoms with Crippen molar-refractivity contribution < 1.29 is 9.53 Å². The summed E-state index contributed by atoms with van der Waals surface area (Å²) < 4.78 is 4.60. The minimum Gasteiger partial charge on any atom is -0.469 e. The minimum absolute atomic E-state index is 0.196. The van der Waals surface area contributed by atoms with E-state index in [4.69, 9.17) is 0 Å². The van der Waals surface area contributed by atoms with E-state index >= 15 is 0 Å². The van der Waals surface area contributed by atoms with Crippen molar-refractivity contribution in [3.8, 4) is 0 Å². The summed E-state index contributed by atoms with van der Waals surface area (Å²) in [5, 5.41) is 0. The Morgan fingerprint density at radius 1 is 1.32 bits per heavy atom. The zero-order valence-electron chi connectivity index (χ0n) is 11.0. The average molecular weight is 263 g/mol. The van der Waals surface area contributed by atoms with Crippen molar-refractivity contribution in [2.75, 3.05) is 25.6 Å². The molecule has 102 valence electrons.